The number of carbonyl (C=O) groups excluding carboxylic acids is 2. The number of halogens is 1. The highest BCUT2D eigenvalue weighted by Gasteiger charge is 2.12. The van der Waals surface area contributed by atoms with Gasteiger partial charge in [0, 0.05) is 28.6 Å². The van der Waals surface area contributed by atoms with E-state index in [1.165, 1.54) is 11.8 Å². The van der Waals surface area contributed by atoms with Gasteiger partial charge in [0.05, 0.1) is 5.75 Å². The van der Waals surface area contributed by atoms with Gasteiger partial charge in [0.25, 0.3) is 5.91 Å². The molecule has 0 saturated heterocycles. The molecule has 0 saturated carbocycles. The van der Waals surface area contributed by atoms with Gasteiger partial charge in [0.1, 0.15) is 0 Å². The first-order chi connectivity index (χ1) is 11.5. The van der Waals surface area contributed by atoms with Crippen LogP contribution in [0.4, 0.5) is 5.69 Å². The third-order valence-corrected chi connectivity index (χ3v) is 4.99. The topological polar surface area (TPSA) is 58.2 Å². The van der Waals surface area contributed by atoms with E-state index < -0.39 is 0 Å². The van der Waals surface area contributed by atoms with E-state index in [9.17, 15) is 9.59 Å². The zero-order chi connectivity index (χ0) is 17.5. The van der Waals surface area contributed by atoms with Gasteiger partial charge in [0.2, 0.25) is 5.91 Å². The van der Waals surface area contributed by atoms with Crippen LogP contribution in [-0.2, 0) is 4.79 Å². The summed E-state index contributed by atoms with van der Waals surface area (Å²) in [5, 5.41) is 6.21. The number of hydrogen-bond acceptors (Lipinski definition) is 3. The number of hydrogen-bond donors (Lipinski definition) is 2. The van der Waals surface area contributed by atoms with E-state index in [0.717, 1.165) is 5.56 Å². The molecule has 2 amide bonds. The average molecular weight is 363 g/mol. The van der Waals surface area contributed by atoms with Crippen molar-refractivity contribution in [3.63, 3.8) is 0 Å². The molecule has 6 heteroatoms. The molecule has 2 rings (SSSR count). The van der Waals surface area contributed by atoms with Gasteiger partial charge in [-0.3, -0.25) is 9.59 Å². The second-order valence-electron chi connectivity index (χ2n) is 5.18. The van der Waals surface area contributed by atoms with Crippen molar-refractivity contribution in [2.24, 2.45) is 0 Å². The van der Waals surface area contributed by atoms with Crippen LogP contribution in [0, 0.1) is 0 Å². The Kier molecular flexibility index (Phi) is 6.70. The maximum absolute atomic E-state index is 12.1. The number of thioether (sulfide) groups is 1. The molecule has 0 radical (unpaired) electrons. The summed E-state index contributed by atoms with van der Waals surface area (Å²) in [5.41, 5.74) is 2.24. The van der Waals surface area contributed by atoms with Crippen LogP contribution in [0.25, 0.3) is 0 Å². The fourth-order valence-corrected chi connectivity index (χ4v) is 3.36. The zero-order valence-corrected chi connectivity index (χ0v) is 15.1. The molecule has 126 valence electrons. The molecule has 1 unspecified atom stereocenters. The zero-order valence-electron chi connectivity index (χ0n) is 13.5. The van der Waals surface area contributed by atoms with Gasteiger partial charge in [-0.2, -0.15) is 0 Å². The minimum absolute atomic E-state index is 0.0911. The number of anilines is 1. The lowest BCUT2D eigenvalue weighted by Gasteiger charge is -2.13. The molecular weight excluding hydrogens is 344 g/mol. The summed E-state index contributed by atoms with van der Waals surface area (Å²) in [6, 6.07) is 14.4. The van der Waals surface area contributed by atoms with Crippen molar-refractivity contribution in [1.29, 1.82) is 0 Å². The first-order valence-corrected chi connectivity index (χ1v) is 8.92. The highest BCUT2D eigenvalue weighted by atomic mass is 35.5. The molecule has 1 atom stereocenters. The van der Waals surface area contributed by atoms with Crippen LogP contribution in [-0.4, -0.2) is 24.6 Å². The number of benzene rings is 2. The number of nitrogens with one attached hydrogen (secondary N) is 2. The molecule has 4 nitrogen and oxygen atoms in total. The monoisotopic (exact) mass is 362 g/mol. The third kappa shape index (κ3) is 5.01. The average Bonchev–Trinajstić information content (AvgIpc) is 2.60. The summed E-state index contributed by atoms with van der Waals surface area (Å²) >= 11 is 7.69. The smallest absolute Gasteiger partial charge is 0.251 e. The molecule has 0 aliphatic rings. The summed E-state index contributed by atoms with van der Waals surface area (Å²) in [6.07, 6.45) is 0. The van der Waals surface area contributed by atoms with Crippen LogP contribution in [0.5, 0.6) is 0 Å². The van der Waals surface area contributed by atoms with Crippen LogP contribution >= 0.6 is 23.4 Å². The highest BCUT2D eigenvalue weighted by Crippen LogP contribution is 2.32. The second kappa shape index (κ2) is 8.76. The lowest BCUT2D eigenvalue weighted by atomic mass is 10.2. The van der Waals surface area contributed by atoms with Gasteiger partial charge in [-0.1, -0.05) is 29.8 Å². The normalized spacial score (nSPS) is 11.6. The Bertz CT molecular complexity index is 719. The van der Waals surface area contributed by atoms with Gasteiger partial charge in [0.15, 0.2) is 0 Å². The summed E-state index contributed by atoms with van der Waals surface area (Å²) in [5.74, 6) is 0.0763. The maximum Gasteiger partial charge on any atom is 0.251 e. The molecule has 24 heavy (non-hydrogen) atoms. The number of rotatable bonds is 6. The lowest BCUT2D eigenvalue weighted by Crippen LogP contribution is -2.18. The molecule has 0 fully saturated rings. The van der Waals surface area contributed by atoms with Crippen molar-refractivity contribution in [2.45, 2.75) is 12.2 Å². The van der Waals surface area contributed by atoms with Gasteiger partial charge >= 0.3 is 0 Å². The van der Waals surface area contributed by atoms with Gasteiger partial charge < -0.3 is 10.6 Å². The fourth-order valence-electron chi connectivity index (χ4n) is 2.14. The Balaban J connectivity index is 1.87. The third-order valence-electron chi connectivity index (χ3n) is 3.47. The highest BCUT2D eigenvalue weighted by molar-refractivity contribution is 8.00. The SMILES string of the molecule is CNC(=O)c1ccc(NC(=O)CSC(C)c2ccccc2Cl)cc1. The number of carbonyl (C=O) groups is 2. The van der Waals surface area contributed by atoms with Crippen LogP contribution in [0.1, 0.15) is 28.1 Å². The predicted molar refractivity (Wildman–Crippen MR) is 101 cm³/mol. The van der Waals surface area contributed by atoms with Crippen molar-refractivity contribution in [3.8, 4) is 0 Å². The Labute approximate surface area is 151 Å². The number of amides is 2. The van der Waals surface area contributed by atoms with E-state index in [4.69, 9.17) is 11.6 Å². The van der Waals surface area contributed by atoms with Crippen molar-refractivity contribution in [3.05, 3.63) is 64.7 Å². The Morgan fingerprint density at radius 1 is 1.12 bits per heavy atom. The molecule has 0 aromatic heterocycles. The molecule has 0 aliphatic heterocycles. The Morgan fingerprint density at radius 3 is 2.42 bits per heavy atom. The predicted octanol–water partition coefficient (Wildman–Crippen LogP) is 4.13. The first-order valence-electron chi connectivity index (χ1n) is 7.49. The minimum atomic E-state index is -0.156. The van der Waals surface area contributed by atoms with Crippen LogP contribution in [0.2, 0.25) is 5.02 Å². The second-order valence-corrected chi connectivity index (χ2v) is 6.92. The Hall–Kier alpha value is -1.98. The standard InChI is InChI=1S/C18H19ClN2O2S/c1-12(15-5-3-4-6-16(15)19)24-11-17(22)21-14-9-7-13(8-10-14)18(23)20-2/h3-10,12H,11H2,1-2H3,(H,20,23)(H,21,22). The Morgan fingerprint density at radius 2 is 1.79 bits per heavy atom. The van der Waals surface area contributed by atoms with Crippen molar-refractivity contribution < 1.29 is 9.59 Å². The molecular formula is C18H19ClN2O2S. The summed E-state index contributed by atoms with van der Waals surface area (Å²) in [4.78, 5) is 23.5. The van der Waals surface area contributed by atoms with Crippen LogP contribution in [0.15, 0.2) is 48.5 Å². The molecule has 0 heterocycles. The van der Waals surface area contributed by atoms with Crippen LogP contribution < -0.4 is 10.6 Å². The maximum atomic E-state index is 12.1. The molecule has 0 spiro atoms. The summed E-state index contributed by atoms with van der Waals surface area (Å²) < 4.78 is 0. The van der Waals surface area contributed by atoms with Crippen molar-refractivity contribution in [2.75, 3.05) is 18.1 Å². The van der Waals surface area contributed by atoms with E-state index in [1.807, 2.05) is 31.2 Å². The molecule has 0 aliphatic carbocycles. The van der Waals surface area contributed by atoms with E-state index in [0.29, 0.717) is 22.0 Å². The van der Waals surface area contributed by atoms with Crippen molar-refractivity contribution >= 4 is 40.9 Å². The fraction of sp³-hybridized carbons (Fsp3) is 0.222. The minimum Gasteiger partial charge on any atom is -0.355 e. The van der Waals surface area contributed by atoms with E-state index in [1.54, 1.807) is 31.3 Å². The molecule has 2 aromatic carbocycles. The largest absolute Gasteiger partial charge is 0.355 e. The van der Waals surface area contributed by atoms with Gasteiger partial charge in [-0.15, -0.1) is 11.8 Å². The molecule has 2 N–H and O–H groups in total. The van der Waals surface area contributed by atoms with E-state index in [-0.39, 0.29) is 17.1 Å². The van der Waals surface area contributed by atoms with Crippen LogP contribution in [0.3, 0.4) is 0 Å². The summed E-state index contributed by atoms with van der Waals surface area (Å²) in [6.45, 7) is 2.03. The first kappa shape index (κ1) is 18.4. The van der Waals surface area contributed by atoms with Gasteiger partial charge in [-0.25, -0.2) is 0 Å². The van der Waals surface area contributed by atoms with E-state index in [2.05, 4.69) is 10.6 Å². The lowest BCUT2D eigenvalue weighted by molar-refractivity contribution is -0.113. The summed E-state index contributed by atoms with van der Waals surface area (Å²) in [7, 11) is 1.58. The van der Waals surface area contributed by atoms with Crippen molar-refractivity contribution in [1.82, 2.24) is 5.32 Å². The molecule has 2 aromatic rings. The quantitative estimate of drug-likeness (QED) is 0.812. The molecule has 0 bridgehead atoms. The van der Waals surface area contributed by atoms with Gasteiger partial charge in [-0.05, 0) is 42.8 Å². The van der Waals surface area contributed by atoms with E-state index >= 15 is 0 Å².